The van der Waals surface area contributed by atoms with Crippen molar-refractivity contribution in [2.24, 2.45) is 0 Å². The van der Waals surface area contributed by atoms with Crippen LogP contribution in [0.5, 0.6) is 0 Å². The van der Waals surface area contributed by atoms with Crippen LogP contribution in [-0.4, -0.2) is 59.4 Å². The lowest BCUT2D eigenvalue weighted by Gasteiger charge is -2.20. The van der Waals surface area contributed by atoms with Gasteiger partial charge in [-0.3, -0.25) is 0 Å². The van der Waals surface area contributed by atoms with Crippen LogP contribution in [0.1, 0.15) is 40.2 Å². The Morgan fingerprint density at radius 2 is 1.76 bits per heavy atom. The first kappa shape index (κ1) is 31.5. The second kappa shape index (κ2) is 12.4. The average molecular weight is 624 g/mol. The van der Waals surface area contributed by atoms with Gasteiger partial charge in [-0.25, -0.2) is 13.2 Å². The van der Waals surface area contributed by atoms with Gasteiger partial charge in [0.15, 0.2) is 0 Å². The van der Waals surface area contributed by atoms with E-state index < -0.39 is 37.6 Å². The lowest BCUT2D eigenvalue weighted by Crippen LogP contribution is -2.39. The summed E-state index contributed by atoms with van der Waals surface area (Å²) in [6, 6.07) is 18.9. The molecular weight excluding hydrogens is 595 g/mol. The van der Waals surface area contributed by atoms with Crippen molar-refractivity contribution in [3.05, 3.63) is 100 Å². The zero-order valence-electron chi connectivity index (χ0n) is 22.6. The molecule has 224 valence electrons. The van der Waals surface area contributed by atoms with Crippen molar-refractivity contribution in [2.45, 2.75) is 43.2 Å². The van der Waals surface area contributed by atoms with Gasteiger partial charge in [0.25, 0.3) is 0 Å². The van der Waals surface area contributed by atoms with Crippen LogP contribution in [0.4, 0.5) is 13.2 Å². The Morgan fingerprint density at radius 3 is 2.43 bits per heavy atom. The zero-order valence-corrected chi connectivity index (χ0v) is 24.2. The van der Waals surface area contributed by atoms with Gasteiger partial charge in [0.05, 0.1) is 11.0 Å². The number of hydrogen-bond acceptors (Lipinski definition) is 5. The van der Waals surface area contributed by atoms with Crippen LogP contribution in [0.25, 0.3) is 10.9 Å². The second-order valence-corrected chi connectivity index (χ2v) is 12.4. The number of nitrogens with zero attached hydrogens (tertiary/aromatic N) is 2. The maximum Gasteiger partial charge on any atom is 0.473 e. The molecule has 0 saturated carbocycles. The van der Waals surface area contributed by atoms with Crippen molar-refractivity contribution in [2.75, 3.05) is 13.6 Å². The molecular formula is C29H29ClF3N3O5S. The molecule has 0 aliphatic heterocycles. The van der Waals surface area contributed by atoms with Crippen LogP contribution in [0.2, 0.25) is 5.02 Å². The van der Waals surface area contributed by atoms with Crippen LogP contribution in [-0.2, 0) is 23.0 Å². The molecule has 4 rings (SSSR count). The number of carboxylic acid groups (broad SMARTS) is 1. The van der Waals surface area contributed by atoms with Crippen LogP contribution in [0.15, 0.2) is 77.7 Å². The number of carboxylic acids is 1. The van der Waals surface area contributed by atoms with Gasteiger partial charge in [-0.2, -0.15) is 13.2 Å². The Bertz CT molecular complexity index is 1710. The van der Waals surface area contributed by atoms with Gasteiger partial charge >= 0.3 is 12.3 Å². The number of aliphatic hydroxyl groups is 1. The van der Waals surface area contributed by atoms with E-state index in [0.717, 1.165) is 17.7 Å². The summed E-state index contributed by atoms with van der Waals surface area (Å²) in [5.41, 5.74) is 2.43. The molecule has 0 fully saturated rings. The van der Waals surface area contributed by atoms with Crippen LogP contribution in [0.3, 0.4) is 0 Å². The first-order valence-corrected chi connectivity index (χ1v) is 14.7. The minimum Gasteiger partial charge on any atom is -0.477 e. The number of aliphatic hydroxyl groups excluding tert-OH is 1. The van der Waals surface area contributed by atoms with Gasteiger partial charge in [0, 0.05) is 42.1 Å². The fourth-order valence-electron chi connectivity index (χ4n) is 4.65. The third kappa shape index (κ3) is 7.13. The highest BCUT2D eigenvalue weighted by Gasteiger charge is 2.43. The highest BCUT2D eigenvalue weighted by molar-refractivity contribution is 7.89. The Balaban J connectivity index is 1.53. The van der Waals surface area contributed by atoms with E-state index in [-0.39, 0.29) is 18.3 Å². The number of alkyl halides is 3. The summed E-state index contributed by atoms with van der Waals surface area (Å²) in [4.78, 5) is 11.5. The molecule has 0 amide bonds. The van der Waals surface area contributed by atoms with Crippen molar-refractivity contribution >= 4 is 38.5 Å². The second-order valence-electron chi connectivity index (χ2n) is 9.99. The van der Waals surface area contributed by atoms with E-state index in [9.17, 15) is 36.6 Å². The zero-order chi connectivity index (χ0) is 30.8. The highest BCUT2D eigenvalue weighted by atomic mass is 35.5. The number of fused-ring (bicyclic) bond motifs is 1. The van der Waals surface area contributed by atoms with Crippen LogP contribution >= 0.6 is 11.6 Å². The fraction of sp³-hybridized carbons (Fsp3) is 0.276. The number of hydrogen-bond donors (Lipinski definition) is 3. The van der Waals surface area contributed by atoms with Crippen molar-refractivity contribution in [3.8, 4) is 0 Å². The van der Waals surface area contributed by atoms with Crippen LogP contribution < -0.4 is 5.32 Å². The normalized spacial score (nSPS) is 13.9. The molecule has 8 nitrogen and oxygen atoms in total. The molecule has 0 radical (unpaired) electrons. The third-order valence-electron chi connectivity index (χ3n) is 6.87. The molecule has 0 bridgehead atoms. The first-order chi connectivity index (χ1) is 19.7. The lowest BCUT2D eigenvalue weighted by atomic mass is 10.0. The van der Waals surface area contributed by atoms with Crippen molar-refractivity contribution in [1.82, 2.24) is 14.2 Å². The molecule has 2 unspecified atom stereocenters. The molecule has 3 aromatic carbocycles. The number of rotatable bonds is 11. The van der Waals surface area contributed by atoms with E-state index in [4.69, 9.17) is 11.6 Å². The van der Waals surface area contributed by atoms with Gasteiger partial charge in [-0.1, -0.05) is 41.9 Å². The molecule has 13 heteroatoms. The molecule has 2 atom stereocenters. The Kier molecular flexibility index (Phi) is 9.33. The number of carbonyl (C=O) groups is 1. The minimum atomic E-state index is -5.09. The van der Waals surface area contributed by atoms with E-state index in [1.165, 1.54) is 22.8 Å². The van der Waals surface area contributed by atoms with Gasteiger partial charge in [0.2, 0.25) is 10.0 Å². The number of sulfonamides is 1. The Morgan fingerprint density at radius 1 is 1.05 bits per heavy atom. The van der Waals surface area contributed by atoms with E-state index >= 15 is 0 Å². The monoisotopic (exact) mass is 623 g/mol. The molecule has 0 aliphatic rings. The van der Waals surface area contributed by atoms with Crippen molar-refractivity contribution < 1.29 is 36.6 Å². The van der Waals surface area contributed by atoms with E-state index in [1.54, 1.807) is 30.3 Å². The molecule has 4 aromatic rings. The summed E-state index contributed by atoms with van der Waals surface area (Å²) in [5.74, 6) is -1.21. The van der Waals surface area contributed by atoms with Gasteiger partial charge < -0.3 is 20.1 Å². The molecule has 0 spiro atoms. The summed E-state index contributed by atoms with van der Waals surface area (Å²) >= 11 is 6.00. The van der Waals surface area contributed by atoms with Crippen molar-refractivity contribution in [3.63, 3.8) is 0 Å². The maximum absolute atomic E-state index is 13.1. The molecule has 0 aliphatic carbocycles. The number of nitrogens with one attached hydrogen (secondary N) is 1. The number of halogens is 4. The van der Waals surface area contributed by atoms with Crippen LogP contribution in [0, 0.1) is 0 Å². The van der Waals surface area contributed by atoms with Crippen molar-refractivity contribution in [1.29, 1.82) is 0 Å². The predicted molar refractivity (Wildman–Crippen MR) is 153 cm³/mol. The summed E-state index contributed by atoms with van der Waals surface area (Å²) in [7, 11) is -4.43. The molecule has 0 saturated heterocycles. The largest absolute Gasteiger partial charge is 0.477 e. The highest BCUT2D eigenvalue weighted by Crippen LogP contribution is 2.29. The summed E-state index contributed by atoms with van der Waals surface area (Å²) in [6.07, 6.45) is -5.26. The number of aromatic nitrogens is 1. The third-order valence-corrected chi connectivity index (χ3v) is 8.89. The summed E-state index contributed by atoms with van der Waals surface area (Å²) < 4.78 is 65.1. The predicted octanol–water partition coefficient (Wildman–Crippen LogP) is 5.44. The SMILES string of the molecule is CC(Cc1ccc2c(c1)cc(C(=O)O)n2Cc1cccc(S(=O)(=O)N(C)C(F)(F)F)c1)NCC(O)c1cccc(Cl)c1. The molecule has 1 heterocycles. The first-order valence-electron chi connectivity index (χ1n) is 12.8. The molecule has 42 heavy (non-hydrogen) atoms. The number of aromatic carboxylic acids is 1. The lowest BCUT2D eigenvalue weighted by molar-refractivity contribution is -0.202. The van der Waals surface area contributed by atoms with Gasteiger partial charge in [0.1, 0.15) is 5.69 Å². The van der Waals surface area contributed by atoms with Gasteiger partial charge in [-0.05, 0) is 72.5 Å². The summed E-state index contributed by atoms with van der Waals surface area (Å²) in [5, 5.41) is 24.8. The standard InChI is InChI=1S/C29H29ClF3N3O5S/c1-18(34-16-27(37)21-6-4-7-23(30)14-21)11-19-9-10-25-22(12-19)15-26(28(38)39)36(25)17-20-5-3-8-24(13-20)42(40,41)35(2)29(31,32)33/h3-10,12-15,18,27,34,37H,11,16-17H2,1-2H3,(H,38,39). The Labute approximate surface area is 246 Å². The summed E-state index contributed by atoms with van der Waals surface area (Å²) in [6.45, 7) is 2.18. The topological polar surface area (TPSA) is 112 Å². The quantitative estimate of drug-likeness (QED) is 0.192. The fourth-order valence-corrected chi connectivity index (χ4v) is 5.98. The maximum atomic E-state index is 13.1. The van der Waals surface area contributed by atoms with E-state index in [2.05, 4.69) is 5.32 Å². The molecule has 3 N–H and O–H groups in total. The average Bonchev–Trinajstić information content (AvgIpc) is 3.28. The van der Waals surface area contributed by atoms with E-state index in [0.29, 0.717) is 47.1 Å². The smallest absolute Gasteiger partial charge is 0.473 e. The molecule has 1 aromatic heterocycles. The number of benzene rings is 3. The minimum absolute atomic E-state index is 0.0307. The Hall–Kier alpha value is -3.42. The van der Waals surface area contributed by atoms with E-state index in [1.807, 2.05) is 19.1 Å². The van der Waals surface area contributed by atoms with Gasteiger partial charge in [-0.15, -0.1) is 4.31 Å².